The molecule has 7 heteroatoms. The van der Waals surface area contributed by atoms with Crippen molar-refractivity contribution in [1.29, 1.82) is 0 Å². The maximum atomic E-state index is 12.1. The Morgan fingerprint density at radius 1 is 1.07 bits per heavy atom. The lowest BCUT2D eigenvalue weighted by molar-refractivity contribution is 0.0701. The molecule has 2 rings (SSSR count). The Balaban J connectivity index is 1.71. The Morgan fingerprint density at radius 3 is 2.26 bits per heavy atom. The molecule has 0 aliphatic rings. The largest absolute Gasteiger partial charge is 0.477 e. The highest BCUT2D eigenvalue weighted by Crippen LogP contribution is 2.28. The quantitative estimate of drug-likeness (QED) is 0.430. The summed E-state index contributed by atoms with van der Waals surface area (Å²) in [5, 5.41) is 12.5. The van der Waals surface area contributed by atoms with Gasteiger partial charge in [0.15, 0.2) is 0 Å². The lowest BCUT2D eigenvalue weighted by atomic mass is 10.1. The molecule has 0 bridgehead atoms. The van der Waals surface area contributed by atoms with Crippen molar-refractivity contribution < 1.29 is 14.3 Å². The third kappa shape index (κ3) is 6.34. The van der Waals surface area contributed by atoms with Crippen LogP contribution in [-0.2, 0) is 0 Å². The summed E-state index contributed by atoms with van der Waals surface area (Å²) in [5.41, 5.74) is -0.114. The second-order valence-electron chi connectivity index (χ2n) is 6.96. The minimum Gasteiger partial charge on any atom is -0.477 e. The van der Waals surface area contributed by atoms with Gasteiger partial charge < -0.3 is 14.8 Å². The average molecular weight is 395 g/mol. The molecular weight excluding hydrogens is 364 g/mol. The van der Waals surface area contributed by atoms with E-state index >= 15 is 0 Å². The fourth-order valence-corrected chi connectivity index (χ4v) is 4.16. The number of hydrogen-bond donors (Lipinski definition) is 2. The number of carboxylic acid groups (broad SMARTS) is 1. The van der Waals surface area contributed by atoms with Gasteiger partial charge in [-0.3, -0.25) is 0 Å². The summed E-state index contributed by atoms with van der Waals surface area (Å²) in [6, 6.07) is 0.168. The Kier molecular flexibility index (Phi) is 8.78. The molecule has 2 aromatic heterocycles. The molecule has 0 aliphatic carbocycles. The third-order valence-corrected chi connectivity index (χ3v) is 5.90. The van der Waals surface area contributed by atoms with Crippen molar-refractivity contribution in [2.75, 3.05) is 11.9 Å². The van der Waals surface area contributed by atoms with Crippen molar-refractivity contribution in [3.63, 3.8) is 0 Å². The predicted octanol–water partition coefficient (Wildman–Crippen LogP) is 5.59. The number of aromatic nitrogens is 1. The number of nitrogens with one attached hydrogen (secondary N) is 1. The number of unbranched alkanes of at least 4 members (excludes halogenated alkanes) is 9. The summed E-state index contributed by atoms with van der Waals surface area (Å²) in [6.07, 6.45) is 12.6. The highest BCUT2D eigenvalue weighted by atomic mass is 32.1. The van der Waals surface area contributed by atoms with Crippen molar-refractivity contribution >= 4 is 33.5 Å². The second-order valence-corrected chi connectivity index (χ2v) is 7.96. The van der Waals surface area contributed by atoms with E-state index in [1.807, 2.05) is 0 Å². The monoisotopic (exact) mass is 394 g/mol. The number of fused-ring (bicyclic) bond motifs is 1. The first-order chi connectivity index (χ1) is 13.0. The van der Waals surface area contributed by atoms with Crippen LogP contribution in [0, 0.1) is 6.92 Å². The molecule has 2 heterocycles. The minimum absolute atomic E-state index is 0.136. The zero-order valence-electron chi connectivity index (χ0n) is 16.3. The second kappa shape index (κ2) is 11.1. The molecule has 0 radical (unpaired) electrons. The topological polar surface area (TPSA) is 92.4 Å². The average Bonchev–Trinajstić information content (AvgIpc) is 2.97. The van der Waals surface area contributed by atoms with E-state index in [1.54, 1.807) is 6.92 Å². The molecule has 0 aromatic carbocycles. The van der Waals surface area contributed by atoms with Gasteiger partial charge in [-0.25, -0.2) is 9.59 Å². The van der Waals surface area contributed by atoms with Crippen LogP contribution in [-0.4, -0.2) is 22.6 Å². The molecule has 2 N–H and O–H groups in total. The molecule has 0 aliphatic heterocycles. The molecule has 0 saturated carbocycles. The summed E-state index contributed by atoms with van der Waals surface area (Å²) in [4.78, 5) is 28.1. The number of carboxylic acids is 1. The van der Waals surface area contributed by atoms with Gasteiger partial charge in [-0.15, -0.1) is 11.3 Å². The van der Waals surface area contributed by atoms with Crippen LogP contribution in [0.2, 0.25) is 0 Å². The molecule has 0 fully saturated rings. The summed E-state index contributed by atoms with van der Waals surface area (Å²) in [7, 11) is 0. The Bertz CT molecular complexity index is 797. The maximum Gasteiger partial charge on any atom is 0.349 e. The van der Waals surface area contributed by atoms with Crippen molar-refractivity contribution in [2.24, 2.45) is 0 Å². The van der Waals surface area contributed by atoms with Crippen molar-refractivity contribution in [3.05, 3.63) is 20.9 Å². The fourth-order valence-electron chi connectivity index (χ4n) is 3.16. The van der Waals surface area contributed by atoms with E-state index in [4.69, 9.17) is 4.42 Å². The van der Waals surface area contributed by atoms with Crippen LogP contribution in [0.1, 0.15) is 86.4 Å². The van der Waals surface area contributed by atoms with Crippen LogP contribution >= 0.6 is 11.3 Å². The third-order valence-electron chi connectivity index (χ3n) is 4.73. The number of thiophene rings is 1. The number of hydrogen-bond acceptors (Lipinski definition) is 6. The fraction of sp³-hybridized carbons (Fsp3) is 0.650. The van der Waals surface area contributed by atoms with E-state index in [-0.39, 0.29) is 16.3 Å². The van der Waals surface area contributed by atoms with Gasteiger partial charge in [0.1, 0.15) is 15.1 Å². The van der Waals surface area contributed by atoms with E-state index in [0.29, 0.717) is 16.9 Å². The first-order valence-corrected chi connectivity index (χ1v) is 10.8. The van der Waals surface area contributed by atoms with E-state index in [1.165, 1.54) is 51.4 Å². The zero-order chi connectivity index (χ0) is 19.6. The number of rotatable bonds is 13. The lowest BCUT2D eigenvalue weighted by Gasteiger charge is -2.04. The Labute approximate surface area is 164 Å². The van der Waals surface area contributed by atoms with E-state index in [2.05, 4.69) is 17.2 Å². The van der Waals surface area contributed by atoms with E-state index < -0.39 is 11.6 Å². The molecule has 0 saturated heterocycles. The molecule has 27 heavy (non-hydrogen) atoms. The predicted molar refractivity (Wildman–Crippen MR) is 110 cm³/mol. The van der Waals surface area contributed by atoms with Crippen molar-refractivity contribution in [2.45, 2.75) is 78.1 Å². The van der Waals surface area contributed by atoms with Gasteiger partial charge in [0.05, 0.1) is 0 Å². The lowest BCUT2D eigenvalue weighted by Crippen LogP contribution is -2.08. The molecule has 0 unspecified atom stereocenters. The van der Waals surface area contributed by atoms with E-state index in [0.717, 1.165) is 24.2 Å². The standard InChI is InChI=1S/C20H30N2O4S/c1-3-4-5-6-7-8-9-10-11-12-13-21-20-22-17-15(19(25)26-20)14(2)16(27-17)18(23)24/h3-13H2,1-2H3,(H,21,22)(H,23,24). The normalized spacial score (nSPS) is 11.2. The van der Waals surface area contributed by atoms with Crippen LogP contribution in [0.5, 0.6) is 0 Å². The summed E-state index contributed by atoms with van der Waals surface area (Å²) in [6.45, 7) is 4.54. The van der Waals surface area contributed by atoms with Crippen LogP contribution in [0.4, 0.5) is 6.01 Å². The van der Waals surface area contributed by atoms with Gasteiger partial charge in [0.25, 0.3) is 6.01 Å². The number of anilines is 1. The van der Waals surface area contributed by atoms with Crippen LogP contribution in [0.25, 0.3) is 10.2 Å². The van der Waals surface area contributed by atoms with Crippen LogP contribution in [0.15, 0.2) is 9.21 Å². The number of carbonyl (C=O) groups is 1. The Hall–Kier alpha value is -1.89. The smallest absolute Gasteiger partial charge is 0.349 e. The molecule has 0 amide bonds. The molecule has 6 nitrogen and oxygen atoms in total. The SMILES string of the molecule is CCCCCCCCCCCCNc1nc2sc(C(=O)O)c(C)c2c(=O)o1. The molecule has 0 spiro atoms. The van der Waals surface area contributed by atoms with Gasteiger partial charge in [-0.05, 0) is 18.9 Å². The number of aryl methyl sites for hydroxylation is 1. The number of nitrogens with zero attached hydrogens (tertiary/aromatic N) is 1. The maximum absolute atomic E-state index is 12.1. The van der Waals surface area contributed by atoms with E-state index in [9.17, 15) is 14.7 Å². The molecular formula is C20H30N2O4S. The molecule has 150 valence electrons. The summed E-state index contributed by atoms with van der Waals surface area (Å²) < 4.78 is 5.19. The van der Waals surface area contributed by atoms with Crippen molar-refractivity contribution in [1.82, 2.24) is 4.98 Å². The minimum atomic E-state index is -1.05. The molecule has 0 atom stereocenters. The molecule has 2 aromatic rings. The first kappa shape index (κ1) is 21.4. The van der Waals surface area contributed by atoms with Crippen molar-refractivity contribution in [3.8, 4) is 0 Å². The summed E-state index contributed by atoms with van der Waals surface area (Å²) >= 11 is 1.01. The van der Waals surface area contributed by atoms with Gasteiger partial charge in [0, 0.05) is 6.54 Å². The zero-order valence-corrected chi connectivity index (χ0v) is 17.1. The Morgan fingerprint density at radius 2 is 1.67 bits per heavy atom. The highest BCUT2D eigenvalue weighted by Gasteiger charge is 2.19. The van der Waals surface area contributed by atoms with Gasteiger partial charge in [0.2, 0.25) is 0 Å². The van der Waals surface area contributed by atoms with Gasteiger partial charge in [-0.1, -0.05) is 64.7 Å². The first-order valence-electron chi connectivity index (χ1n) is 9.96. The van der Waals surface area contributed by atoms with Gasteiger partial charge >= 0.3 is 11.6 Å². The number of aromatic carboxylic acids is 1. The highest BCUT2D eigenvalue weighted by molar-refractivity contribution is 7.20. The van der Waals surface area contributed by atoms with Gasteiger partial charge in [-0.2, -0.15) is 4.98 Å². The van der Waals surface area contributed by atoms with Crippen LogP contribution in [0.3, 0.4) is 0 Å². The van der Waals surface area contributed by atoms with Crippen LogP contribution < -0.4 is 10.9 Å². The summed E-state index contributed by atoms with van der Waals surface area (Å²) in [5.74, 6) is -1.05.